The van der Waals surface area contributed by atoms with Crippen LogP contribution in [-0.2, 0) is 19.1 Å². The number of esters is 1. The third kappa shape index (κ3) is 10.1. The van der Waals surface area contributed by atoms with Gasteiger partial charge in [0.25, 0.3) is 5.91 Å². The SMILES string of the molecule is CC(=O)OC[C@@H]1CCCN1C(=O)c1cc(C)c(OCCCCCC(C)(C)C)cc1N.O=C=O. The number of benzene rings is 1. The smallest absolute Gasteiger partial charge is 0.373 e. The molecule has 0 bridgehead atoms. The number of ether oxygens (including phenoxy) is 2. The van der Waals surface area contributed by atoms with Gasteiger partial charge in [0.2, 0.25) is 0 Å². The first-order valence-corrected chi connectivity index (χ1v) is 11.5. The summed E-state index contributed by atoms with van der Waals surface area (Å²) >= 11 is 0. The quantitative estimate of drug-likeness (QED) is 0.333. The number of rotatable bonds is 9. The average molecular weight is 463 g/mol. The number of hydrogen-bond donors (Lipinski definition) is 1. The Morgan fingerprint density at radius 2 is 1.85 bits per heavy atom. The van der Waals surface area contributed by atoms with Crippen molar-refractivity contribution >= 4 is 23.7 Å². The Kier molecular flexibility index (Phi) is 11.6. The predicted molar refractivity (Wildman–Crippen MR) is 125 cm³/mol. The topological polar surface area (TPSA) is 116 Å². The monoisotopic (exact) mass is 462 g/mol. The van der Waals surface area contributed by atoms with Crippen molar-refractivity contribution in [3.8, 4) is 5.75 Å². The van der Waals surface area contributed by atoms with E-state index in [0.717, 1.165) is 37.0 Å². The molecule has 0 aliphatic carbocycles. The highest BCUT2D eigenvalue weighted by atomic mass is 16.5. The van der Waals surface area contributed by atoms with Gasteiger partial charge in [0, 0.05) is 25.2 Å². The van der Waals surface area contributed by atoms with E-state index in [4.69, 9.17) is 24.8 Å². The number of aryl methyl sites for hydroxylation is 1. The number of amides is 1. The van der Waals surface area contributed by atoms with Crippen molar-refractivity contribution in [1.29, 1.82) is 0 Å². The largest absolute Gasteiger partial charge is 0.493 e. The summed E-state index contributed by atoms with van der Waals surface area (Å²) in [4.78, 5) is 42.2. The van der Waals surface area contributed by atoms with Gasteiger partial charge in [-0.2, -0.15) is 9.59 Å². The molecule has 8 nitrogen and oxygen atoms in total. The number of nitrogens with zero attached hydrogens (tertiary/aromatic N) is 1. The zero-order chi connectivity index (χ0) is 25.0. The Labute approximate surface area is 196 Å². The van der Waals surface area contributed by atoms with E-state index in [-0.39, 0.29) is 30.7 Å². The van der Waals surface area contributed by atoms with Crippen molar-refractivity contribution in [2.24, 2.45) is 5.41 Å². The summed E-state index contributed by atoms with van der Waals surface area (Å²) in [6.45, 7) is 11.6. The van der Waals surface area contributed by atoms with Crippen molar-refractivity contribution in [2.75, 3.05) is 25.5 Å². The zero-order valence-electron chi connectivity index (χ0n) is 20.6. The van der Waals surface area contributed by atoms with E-state index in [1.165, 1.54) is 19.8 Å². The van der Waals surface area contributed by atoms with Crippen molar-refractivity contribution in [1.82, 2.24) is 4.90 Å². The minimum absolute atomic E-state index is 0.0925. The number of hydrogen-bond acceptors (Lipinski definition) is 7. The number of unbranched alkanes of at least 4 members (excludes halogenated alkanes) is 2. The molecule has 1 heterocycles. The van der Waals surface area contributed by atoms with Gasteiger partial charge < -0.3 is 20.1 Å². The van der Waals surface area contributed by atoms with Crippen molar-refractivity contribution in [2.45, 2.75) is 79.2 Å². The Balaban J connectivity index is 0.00000172. The fourth-order valence-electron chi connectivity index (χ4n) is 3.81. The van der Waals surface area contributed by atoms with Crippen LogP contribution in [0.2, 0.25) is 0 Å². The number of likely N-dealkylation sites (tertiary alicyclic amines) is 1. The van der Waals surface area contributed by atoms with Crippen LogP contribution in [0, 0.1) is 12.3 Å². The van der Waals surface area contributed by atoms with Gasteiger partial charge in [-0.25, -0.2) is 0 Å². The molecule has 1 atom stereocenters. The lowest BCUT2D eigenvalue weighted by Gasteiger charge is -2.25. The van der Waals surface area contributed by atoms with Crippen LogP contribution in [0.5, 0.6) is 5.75 Å². The number of carbonyl (C=O) groups excluding carboxylic acids is 4. The molecule has 2 N–H and O–H groups in total. The van der Waals surface area contributed by atoms with Gasteiger partial charge in [-0.15, -0.1) is 0 Å². The molecule has 0 unspecified atom stereocenters. The van der Waals surface area contributed by atoms with E-state index in [1.807, 2.05) is 13.0 Å². The molecule has 1 amide bonds. The highest BCUT2D eigenvalue weighted by molar-refractivity contribution is 6.00. The second kappa shape index (κ2) is 13.6. The predicted octanol–water partition coefficient (Wildman–Crippen LogP) is 4.15. The molecule has 0 radical (unpaired) electrons. The summed E-state index contributed by atoms with van der Waals surface area (Å²) in [6, 6.07) is 3.48. The van der Waals surface area contributed by atoms with Gasteiger partial charge in [0.1, 0.15) is 12.4 Å². The van der Waals surface area contributed by atoms with Crippen molar-refractivity contribution in [3.63, 3.8) is 0 Å². The molecule has 1 aliphatic rings. The molecule has 0 saturated carbocycles. The number of carbonyl (C=O) groups is 2. The average Bonchev–Trinajstić information content (AvgIpc) is 3.19. The van der Waals surface area contributed by atoms with Crippen LogP contribution < -0.4 is 10.5 Å². The molecule has 33 heavy (non-hydrogen) atoms. The molecule has 8 heteroatoms. The van der Waals surface area contributed by atoms with Crippen LogP contribution >= 0.6 is 0 Å². The highest BCUT2D eigenvalue weighted by Gasteiger charge is 2.31. The van der Waals surface area contributed by atoms with E-state index in [9.17, 15) is 9.59 Å². The van der Waals surface area contributed by atoms with E-state index in [1.54, 1.807) is 11.0 Å². The van der Waals surface area contributed by atoms with E-state index >= 15 is 0 Å². The Bertz CT molecular complexity index is 825. The van der Waals surface area contributed by atoms with Crippen molar-refractivity contribution in [3.05, 3.63) is 23.3 Å². The maximum absolute atomic E-state index is 13.1. The summed E-state index contributed by atoms with van der Waals surface area (Å²) in [5.74, 6) is 0.293. The maximum Gasteiger partial charge on any atom is 0.373 e. The lowest BCUT2D eigenvalue weighted by molar-refractivity contribution is -0.191. The fourth-order valence-corrected chi connectivity index (χ4v) is 3.81. The molecule has 1 saturated heterocycles. The first kappa shape index (κ1) is 28.2. The van der Waals surface area contributed by atoms with E-state index in [2.05, 4.69) is 20.8 Å². The van der Waals surface area contributed by atoms with Gasteiger partial charge in [-0.3, -0.25) is 9.59 Å². The number of nitrogens with two attached hydrogens (primary N) is 1. The zero-order valence-corrected chi connectivity index (χ0v) is 20.6. The summed E-state index contributed by atoms with van der Waals surface area (Å²) in [5, 5.41) is 0. The summed E-state index contributed by atoms with van der Waals surface area (Å²) < 4.78 is 11.1. The Hall–Kier alpha value is -2.86. The molecule has 1 fully saturated rings. The third-order valence-electron chi connectivity index (χ3n) is 5.52. The molecule has 0 aromatic heterocycles. The van der Waals surface area contributed by atoms with Crippen LogP contribution in [0.3, 0.4) is 0 Å². The first-order valence-electron chi connectivity index (χ1n) is 11.5. The molecule has 1 aliphatic heterocycles. The summed E-state index contributed by atoms with van der Waals surface area (Å²) in [7, 11) is 0. The number of nitrogen functional groups attached to an aromatic ring is 1. The Morgan fingerprint density at radius 3 is 2.45 bits per heavy atom. The maximum atomic E-state index is 13.1. The van der Waals surface area contributed by atoms with Crippen molar-refractivity contribution < 1.29 is 28.7 Å². The molecule has 2 rings (SSSR count). The van der Waals surface area contributed by atoms with Crippen LogP contribution in [0.25, 0.3) is 0 Å². The lowest BCUT2D eigenvalue weighted by Crippen LogP contribution is -2.39. The number of anilines is 1. The molecule has 1 aromatic rings. The van der Waals surface area contributed by atoms with E-state index < -0.39 is 0 Å². The minimum Gasteiger partial charge on any atom is -0.493 e. The Morgan fingerprint density at radius 1 is 1.18 bits per heavy atom. The minimum atomic E-state index is -0.329. The van der Waals surface area contributed by atoms with E-state index in [0.29, 0.717) is 29.8 Å². The normalized spacial score (nSPS) is 15.3. The van der Waals surface area contributed by atoms with Gasteiger partial charge in [0.15, 0.2) is 0 Å². The lowest BCUT2D eigenvalue weighted by atomic mass is 9.89. The van der Waals surface area contributed by atoms with Gasteiger partial charge >= 0.3 is 12.1 Å². The fraction of sp³-hybridized carbons (Fsp3) is 0.640. The highest BCUT2D eigenvalue weighted by Crippen LogP contribution is 2.29. The first-order chi connectivity index (χ1) is 15.5. The van der Waals surface area contributed by atoms with Gasteiger partial charge in [-0.05, 0) is 49.7 Å². The third-order valence-corrected chi connectivity index (χ3v) is 5.52. The van der Waals surface area contributed by atoms with Crippen LogP contribution in [-0.4, -0.2) is 48.7 Å². The van der Waals surface area contributed by atoms with Gasteiger partial charge in [0.05, 0.1) is 18.2 Å². The molecule has 184 valence electrons. The van der Waals surface area contributed by atoms with Crippen LogP contribution in [0.15, 0.2) is 12.1 Å². The van der Waals surface area contributed by atoms with Crippen LogP contribution in [0.4, 0.5) is 5.69 Å². The second-order valence-electron chi connectivity index (χ2n) is 9.61. The second-order valence-corrected chi connectivity index (χ2v) is 9.61. The van der Waals surface area contributed by atoms with Crippen LogP contribution in [0.1, 0.15) is 82.1 Å². The standard InChI is InChI=1S/C24H38N2O4.CO2/c1-17-14-20(23(28)26-12-9-10-19(26)16-30-18(2)27)21(25)15-22(17)29-13-8-6-7-11-24(3,4)5;2-1-3/h14-15,19H,6-13,16,25H2,1-5H3;/t19-;/m0./s1. The molecular formula is C25H38N2O6. The molecule has 0 spiro atoms. The summed E-state index contributed by atoms with van der Waals surface area (Å²) in [6.07, 6.45) is 6.53. The molecule has 1 aromatic carbocycles. The summed E-state index contributed by atoms with van der Waals surface area (Å²) in [5.41, 5.74) is 8.40. The molecular weight excluding hydrogens is 424 g/mol. The van der Waals surface area contributed by atoms with Gasteiger partial charge in [-0.1, -0.05) is 33.6 Å².